The number of rotatable bonds is 8. The quantitative estimate of drug-likeness (QED) is 0.407. The zero-order valence-electron chi connectivity index (χ0n) is 16.1. The molecule has 3 aromatic rings. The van der Waals surface area contributed by atoms with Gasteiger partial charge < -0.3 is 4.74 Å². The van der Waals surface area contributed by atoms with Crippen molar-refractivity contribution < 1.29 is 9.13 Å². The lowest BCUT2D eigenvalue weighted by Gasteiger charge is -2.27. The molecule has 0 N–H and O–H groups in total. The number of hydrogen-bond donors (Lipinski definition) is 0. The minimum atomic E-state index is -1.24. The molecule has 140 valence electrons. The second-order valence-corrected chi connectivity index (χ2v) is 7.48. The first kappa shape index (κ1) is 19.2. The molecule has 0 aliphatic heterocycles. The zero-order valence-corrected chi connectivity index (χ0v) is 16.1. The molecule has 0 aliphatic rings. The van der Waals surface area contributed by atoms with E-state index < -0.39 is 5.67 Å². The van der Waals surface area contributed by atoms with Crippen molar-refractivity contribution in [3.63, 3.8) is 0 Å². The van der Waals surface area contributed by atoms with Crippen LogP contribution in [-0.2, 0) is 6.42 Å². The lowest BCUT2D eigenvalue weighted by molar-refractivity contribution is 0.163. The molecule has 1 nitrogen and oxygen atoms in total. The maximum Gasteiger partial charge on any atom is 0.127 e. The molecule has 0 fully saturated rings. The molecule has 1 atom stereocenters. The predicted molar refractivity (Wildman–Crippen MR) is 110 cm³/mol. The summed E-state index contributed by atoms with van der Waals surface area (Å²) < 4.78 is 20.7. The van der Waals surface area contributed by atoms with Crippen molar-refractivity contribution in [1.82, 2.24) is 0 Å². The van der Waals surface area contributed by atoms with Gasteiger partial charge in [0.15, 0.2) is 0 Å². The van der Waals surface area contributed by atoms with Crippen molar-refractivity contribution in [2.24, 2.45) is 0 Å². The second-order valence-electron chi connectivity index (χ2n) is 7.48. The van der Waals surface area contributed by atoms with Crippen LogP contribution in [0.1, 0.15) is 43.7 Å². The van der Waals surface area contributed by atoms with E-state index in [-0.39, 0.29) is 5.92 Å². The van der Waals surface area contributed by atoms with Crippen molar-refractivity contribution in [3.05, 3.63) is 96.1 Å². The summed E-state index contributed by atoms with van der Waals surface area (Å²) in [6, 6.07) is 27.9. The molecule has 0 bridgehead atoms. The van der Waals surface area contributed by atoms with Crippen molar-refractivity contribution in [2.45, 2.75) is 44.7 Å². The average Bonchev–Trinajstić information content (AvgIpc) is 2.66. The molecule has 1 unspecified atom stereocenters. The normalized spacial score (nSPS) is 12.6. The largest absolute Gasteiger partial charge is 0.457 e. The molecule has 0 heterocycles. The van der Waals surface area contributed by atoms with Gasteiger partial charge in [-0.25, -0.2) is 4.39 Å². The first-order chi connectivity index (χ1) is 13.0. The van der Waals surface area contributed by atoms with Crippen LogP contribution < -0.4 is 4.74 Å². The summed E-state index contributed by atoms with van der Waals surface area (Å²) in [5, 5.41) is 0. The number of ether oxygens (including phenoxy) is 1. The highest BCUT2D eigenvalue weighted by Crippen LogP contribution is 2.35. The summed E-state index contributed by atoms with van der Waals surface area (Å²) in [5.74, 6) is 1.57. The molecule has 3 rings (SSSR count). The van der Waals surface area contributed by atoms with Gasteiger partial charge in [-0.05, 0) is 68.5 Å². The van der Waals surface area contributed by atoms with Crippen molar-refractivity contribution in [2.75, 3.05) is 0 Å². The average molecular weight is 362 g/mol. The third-order valence-corrected chi connectivity index (χ3v) is 4.87. The van der Waals surface area contributed by atoms with Crippen LogP contribution >= 0.6 is 0 Å². The van der Waals surface area contributed by atoms with Gasteiger partial charge in [0.2, 0.25) is 0 Å². The van der Waals surface area contributed by atoms with Crippen LogP contribution in [0.4, 0.5) is 4.39 Å². The smallest absolute Gasteiger partial charge is 0.127 e. The second kappa shape index (κ2) is 8.85. The molecular formula is C25H27FO. The predicted octanol–water partition coefficient (Wildman–Crippen LogP) is 7.33. The lowest BCUT2D eigenvalue weighted by atomic mass is 9.82. The van der Waals surface area contributed by atoms with Gasteiger partial charge in [0.05, 0.1) is 0 Å². The number of benzene rings is 3. The Bertz CT molecular complexity index is 822. The Balaban J connectivity index is 1.61. The Hall–Kier alpha value is -2.61. The summed E-state index contributed by atoms with van der Waals surface area (Å²) in [5.41, 5.74) is 1.05. The zero-order chi connectivity index (χ0) is 19.1. The Labute approximate surface area is 161 Å². The van der Waals surface area contributed by atoms with Gasteiger partial charge in [-0.1, -0.05) is 60.7 Å². The Morgan fingerprint density at radius 3 is 2.11 bits per heavy atom. The molecule has 0 amide bonds. The van der Waals surface area contributed by atoms with E-state index in [1.165, 1.54) is 5.56 Å². The summed E-state index contributed by atoms with van der Waals surface area (Å²) in [6.07, 6.45) is 2.66. The Kier molecular flexibility index (Phi) is 6.28. The van der Waals surface area contributed by atoms with Gasteiger partial charge in [0.1, 0.15) is 17.2 Å². The van der Waals surface area contributed by atoms with E-state index in [0.29, 0.717) is 0 Å². The summed E-state index contributed by atoms with van der Waals surface area (Å²) in [6.45, 7) is 3.36. The maximum atomic E-state index is 14.8. The van der Waals surface area contributed by atoms with Crippen LogP contribution in [0.2, 0.25) is 0 Å². The number of aryl methyl sites for hydroxylation is 1. The third kappa shape index (κ3) is 5.68. The fourth-order valence-electron chi connectivity index (χ4n) is 3.49. The summed E-state index contributed by atoms with van der Waals surface area (Å²) in [7, 11) is 0. The highest BCUT2D eigenvalue weighted by Gasteiger charge is 2.29. The van der Waals surface area contributed by atoms with E-state index in [0.717, 1.165) is 36.3 Å². The van der Waals surface area contributed by atoms with Gasteiger partial charge in [0, 0.05) is 5.92 Å². The molecular weight excluding hydrogens is 335 g/mol. The van der Waals surface area contributed by atoms with Crippen LogP contribution in [0.5, 0.6) is 11.5 Å². The van der Waals surface area contributed by atoms with Crippen LogP contribution in [-0.4, -0.2) is 5.67 Å². The lowest BCUT2D eigenvalue weighted by Crippen LogP contribution is -2.24. The minimum absolute atomic E-state index is 0.0950. The van der Waals surface area contributed by atoms with Crippen molar-refractivity contribution >= 4 is 0 Å². The maximum absolute atomic E-state index is 14.8. The highest BCUT2D eigenvalue weighted by molar-refractivity contribution is 5.34. The Morgan fingerprint density at radius 2 is 1.44 bits per heavy atom. The first-order valence-corrected chi connectivity index (χ1v) is 9.58. The number of para-hydroxylation sites is 1. The molecule has 0 saturated carbocycles. The number of hydrogen-bond acceptors (Lipinski definition) is 1. The van der Waals surface area contributed by atoms with Crippen molar-refractivity contribution in [3.8, 4) is 11.5 Å². The monoisotopic (exact) mass is 362 g/mol. The number of halogens is 1. The molecule has 3 aromatic carbocycles. The van der Waals surface area contributed by atoms with Crippen molar-refractivity contribution in [1.29, 1.82) is 0 Å². The van der Waals surface area contributed by atoms with E-state index >= 15 is 0 Å². The fraction of sp³-hybridized carbons (Fsp3) is 0.280. The van der Waals surface area contributed by atoms with E-state index in [9.17, 15) is 4.39 Å². The molecule has 0 aromatic heterocycles. The Morgan fingerprint density at radius 1 is 0.815 bits per heavy atom. The summed E-state index contributed by atoms with van der Waals surface area (Å²) >= 11 is 0. The SMILES string of the molecule is CC(C)(F)C(CCCc1cccc(Oc2ccccc2)c1)c1ccccc1. The van der Waals surface area contributed by atoms with Gasteiger partial charge in [-0.15, -0.1) is 0 Å². The molecule has 2 heteroatoms. The molecule has 0 radical (unpaired) electrons. The standard InChI is InChI=1S/C25H27FO/c1-25(2,26)24(21-13-5-3-6-14-21)18-10-12-20-11-9-17-23(19-20)27-22-15-7-4-8-16-22/h3-9,11,13-17,19,24H,10,12,18H2,1-2H3. The van der Waals surface area contributed by atoms with Crippen LogP contribution in [0.15, 0.2) is 84.9 Å². The molecule has 0 aliphatic carbocycles. The fourth-order valence-corrected chi connectivity index (χ4v) is 3.49. The van der Waals surface area contributed by atoms with Crippen LogP contribution in [0.25, 0.3) is 0 Å². The molecule has 27 heavy (non-hydrogen) atoms. The van der Waals surface area contributed by atoms with E-state index in [1.54, 1.807) is 13.8 Å². The van der Waals surface area contributed by atoms with Gasteiger partial charge in [-0.3, -0.25) is 0 Å². The highest BCUT2D eigenvalue weighted by atomic mass is 19.1. The van der Waals surface area contributed by atoms with Gasteiger partial charge in [-0.2, -0.15) is 0 Å². The van der Waals surface area contributed by atoms with Gasteiger partial charge in [0.25, 0.3) is 0 Å². The van der Waals surface area contributed by atoms with Crippen LogP contribution in [0, 0.1) is 0 Å². The van der Waals surface area contributed by atoms with Crippen LogP contribution in [0.3, 0.4) is 0 Å². The van der Waals surface area contributed by atoms with E-state index in [2.05, 4.69) is 12.1 Å². The van der Waals surface area contributed by atoms with E-state index in [1.807, 2.05) is 72.8 Å². The number of alkyl halides is 1. The molecule has 0 saturated heterocycles. The van der Waals surface area contributed by atoms with E-state index in [4.69, 9.17) is 4.74 Å². The minimum Gasteiger partial charge on any atom is -0.457 e. The topological polar surface area (TPSA) is 9.23 Å². The summed E-state index contributed by atoms with van der Waals surface area (Å²) in [4.78, 5) is 0. The van der Waals surface area contributed by atoms with Gasteiger partial charge >= 0.3 is 0 Å². The molecule has 0 spiro atoms. The first-order valence-electron chi connectivity index (χ1n) is 9.58. The third-order valence-electron chi connectivity index (χ3n) is 4.87.